The number of benzene rings is 2. The quantitative estimate of drug-likeness (QED) is 0.721. The maximum absolute atomic E-state index is 13.2. The van der Waals surface area contributed by atoms with E-state index in [-0.39, 0.29) is 11.3 Å². The molecule has 2 rings (SSSR count). The molecule has 0 bridgehead atoms. The minimum Gasteiger partial charge on any atom is -0.435 e. The van der Waals surface area contributed by atoms with Crippen LogP contribution in [-0.4, -0.2) is 25.0 Å². The number of ether oxygens (including phenoxy) is 1. The fourth-order valence-corrected chi connectivity index (χ4v) is 2.23. The Kier molecular flexibility index (Phi) is 6.75. The van der Waals surface area contributed by atoms with Gasteiger partial charge in [0.25, 0.3) is 5.91 Å². The highest BCUT2D eigenvalue weighted by Crippen LogP contribution is 2.17. The Morgan fingerprint density at radius 1 is 1.07 bits per heavy atom. The number of alkyl halides is 2. The number of nitrogens with one attached hydrogen (secondary N) is 2. The number of amides is 2. The summed E-state index contributed by atoms with van der Waals surface area (Å²) < 4.78 is 54.8. The number of carbonyl (C=O) groups excluding carboxylic acids is 2. The molecule has 0 unspecified atom stereocenters. The highest BCUT2D eigenvalue weighted by Gasteiger charge is 2.14. The second-order valence-corrected chi connectivity index (χ2v) is 5.55. The van der Waals surface area contributed by atoms with E-state index in [1.54, 1.807) is 6.92 Å². The maximum Gasteiger partial charge on any atom is 0.387 e. The molecule has 0 aliphatic carbocycles. The zero-order chi connectivity index (χ0) is 20.0. The predicted molar refractivity (Wildman–Crippen MR) is 88.3 cm³/mol. The second-order valence-electron chi connectivity index (χ2n) is 5.55. The summed E-state index contributed by atoms with van der Waals surface area (Å²) in [6.45, 7) is -1.85. The summed E-state index contributed by atoms with van der Waals surface area (Å²) in [6.07, 6.45) is 0. The maximum atomic E-state index is 13.2. The van der Waals surface area contributed by atoms with E-state index >= 15 is 0 Å². The second kappa shape index (κ2) is 9.02. The van der Waals surface area contributed by atoms with Gasteiger partial charge >= 0.3 is 6.61 Å². The summed E-state index contributed by atoms with van der Waals surface area (Å²) in [4.78, 5) is 23.9. The molecule has 144 valence electrons. The Balaban J connectivity index is 1.89. The van der Waals surface area contributed by atoms with Crippen molar-refractivity contribution in [2.45, 2.75) is 19.6 Å². The van der Waals surface area contributed by atoms with Crippen LogP contribution < -0.4 is 15.4 Å². The number of halogens is 4. The summed E-state index contributed by atoms with van der Waals surface area (Å²) in [5.74, 6) is -3.45. The first-order valence-corrected chi connectivity index (χ1v) is 7.83. The van der Waals surface area contributed by atoms with Gasteiger partial charge in [0.1, 0.15) is 5.75 Å². The lowest BCUT2D eigenvalue weighted by molar-refractivity contribution is -0.120. The van der Waals surface area contributed by atoms with E-state index in [4.69, 9.17) is 0 Å². The summed E-state index contributed by atoms with van der Waals surface area (Å²) >= 11 is 0. The van der Waals surface area contributed by atoms with Gasteiger partial charge in [-0.1, -0.05) is 12.1 Å². The first-order chi connectivity index (χ1) is 12.8. The topological polar surface area (TPSA) is 67.4 Å². The third-order valence-corrected chi connectivity index (χ3v) is 3.55. The molecule has 0 aliphatic heterocycles. The zero-order valence-electron chi connectivity index (χ0n) is 14.1. The van der Waals surface area contributed by atoms with Gasteiger partial charge in [-0.3, -0.25) is 9.59 Å². The Bertz CT molecular complexity index is 830. The van der Waals surface area contributed by atoms with Crippen LogP contribution in [0, 0.1) is 11.6 Å². The van der Waals surface area contributed by atoms with Crippen molar-refractivity contribution in [1.29, 1.82) is 0 Å². The van der Waals surface area contributed by atoms with Crippen molar-refractivity contribution in [3.63, 3.8) is 0 Å². The molecule has 0 fully saturated rings. The molecule has 0 saturated carbocycles. The highest BCUT2D eigenvalue weighted by atomic mass is 19.3. The monoisotopic (exact) mass is 384 g/mol. The average molecular weight is 384 g/mol. The van der Waals surface area contributed by atoms with Gasteiger partial charge in [0, 0.05) is 5.56 Å². The number of hydrogen-bond acceptors (Lipinski definition) is 3. The molecule has 2 amide bonds. The summed E-state index contributed by atoms with van der Waals surface area (Å²) in [6, 6.07) is 7.73. The Hall–Kier alpha value is -3.10. The van der Waals surface area contributed by atoms with E-state index in [0.717, 1.165) is 18.2 Å². The SMILES string of the molecule is C[C@@H](NC(=O)CNC(=O)c1cccc(OC(F)F)c1)c1ccc(F)c(F)c1. The molecule has 2 N–H and O–H groups in total. The molecular formula is C18H16F4N2O3. The predicted octanol–water partition coefficient (Wildman–Crippen LogP) is 3.17. The molecule has 2 aromatic rings. The lowest BCUT2D eigenvalue weighted by Crippen LogP contribution is -2.38. The molecule has 5 nitrogen and oxygen atoms in total. The van der Waals surface area contributed by atoms with Crippen molar-refractivity contribution in [3.8, 4) is 5.75 Å². The fourth-order valence-electron chi connectivity index (χ4n) is 2.23. The van der Waals surface area contributed by atoms with Gasteiger partial charge in [-0.05, 0) is 42.8 Å². The van der Waals surface area contributed by atoms with Crippen LogP contribution in [0.4, 0.5) is 17.6 Å². The molecule has 0 aliphatic rings. The van der Waals surface area contributed by atoms with Gasteiger partial charge < -0.3 is 15.4 Å². The van der Waals surface area contributed by atoms with Crippen LogP contribution in [0.2, 0.25) is 0 Å². The average Bonchev–Trinajstić information content (AvgIpc) is 2.61. The van der Waals surface area contributed by atoms with Crippen LogP contribution >= 0.6 is 0 Å². The van der Waals surface area contributed by atoms with Gasteiger partial charge in [-0.15, -0.1) is 0 Å². The van der Waals surface area contributed by atoms with Crippen molar-refractivity contribution in [2.24, 2.45) is 0 Å². The molecule has 0 spiro atoms. The molecule has 0 heterocycles. The van der Waals surface area contributed by atoms with E-state index < -0.39 is 42.6 Å². The zero-order valence-corrected chi connectivity index (χ0v) is 14.1. The van der Waals surface area contributed by atoms with Gasteiger partial charge in [-0.25, -0.2) is 8.78 Å². The third kappa shape index (κ3) is 5.98. The first kappa shape index (κ1) is 20.2. The third-order valence-electron chi connectivity index (χ3n) is 3.55. The normalized spacial score (nSPS) is 11.8. The number of carbonyl (C=O) groups is 2. The molecule has 9 heteroatoms. The molecular weight excluding hydrogens is 368 g/mol. The van der Waals surface area contributed by atoms with Crippen molar-refractivity contribution >= 4 is 11.8 Å². The van der Waals surface area contributed by atoms with Crippen LogP contribution in [0.25, 0.3) is 0 Å². The molecule has 27 heavy (non-hydrogen) atoms. The molecule has 0 aromatic heterocycles. The van der Waals surface area contributed by atoms with Crippen LogP contribution in [0.5, 0.6) is 5.75 Å². The van der Waals surface area contributed by atoms with E-state index in [0.29, 0.717) is 5.56 Å². The first-order valence-electron chi connectivity index (χ1n) is 7.83. The highest BCUT2D eigenvalue weighted by molar-refractivity contribution is 5.96. The minimum atomic E-state index is -3.02. The lowest BCUT2D eigenvalue weighted by Gasteiger charge is -2.15. The lowest BCUT2D eigenvalue weighted by atomic mass is 10.1. The Morgan fingerprint density at radius 2 is 1.81 bits per heavy atom. The number of hydrogen-bond donors (Lipinski definition) is 2. The van der Waals surface area contributed by atoms with Crippen molar-refractivity contribution in [1.82, 2.24) is 10.6 Å². The van der Waals surface area contributed by atoms with Gasteiger partial charge in [-0.2, -0.15) is 8.78 Å². The van der Waals surface area contributed by atoms with E-state index in [2.05, 4.69) is 15.4 Å². The largest absolute Gasteiger partial charge is 0.435 e. The smallest absolute Gasteiger partial charge is 0.387 e. The van der Waals surface area contributed by atoms with Crippen molar-refractivity contribution in [2.75, 3.05) is 6.54 Å². The van der Waals surface area contributed by atoms with E-state index in [1.807, 2.05) is 0 Å². The van der Waals surface area contributed by atoms with Crippen LogP contribution in [0.3, 0.4) is 0 Å². The number of rotatable bonds is 7. The van der Waals surface area contributed by atoms with E-state index in [9.17, 15) is 27.2 Å². The van der Waals surface area contributed by atoms with Crippen molar-refractivity contribution < 1.29 is 31.9 Å². The summed E-state index contributed by atoms with van der Waals surface area (Å²) in [5.41, 5.74) is 0.389. The summed E-state index contributed by atoms with van der Waals surface area (Å²) in [5, 5.41) is 4.85. The summed E-state index contributed by atoms with van der Waals surface area (Å²) in [7, 11) is 0. The Morgan fingerprint density at radius 3 is 2.48 bits per heavy atom. The van der Waals surface area contributed by atoms with Crippen LogP contribution in [0.1, 0.15) is 28.9 Å². The minimum absolute atomic E-state index is 0.0367. The van der Waals surface area contributed by atoms with Crippen LogP contribution in [-0.2, 0) is 4.79 Å². The Labute approximate surface area is 152 Å². The van der Waals surface area contributed by atoms with Crippen molar-refractivity contribution in [3.05, 3.63) is 65.2 Å². The fraction of sp³-hybridized carbons (Fsp3) is 0.222. The standard InChI is InChI=1S/C18H16F4N2O3/c1-10(11-5-6-14(19)15(20)8-11)24-16(25)9-23-17(26)12-3-2-4-13(7-12)27-18(21)22/h2-8,10,18H,9H2,1H3,(H,23,26)(H,24,25)/t10-/m1/s1. The molecule has 2 aromatic carbocycles. The van der Waals surface area contributed by atoms with Gasteiger partial charge in [0.2, 0.25) is 5.91 Å². The van der Waals surface area contributed by atoms with Gasteiger partial charge in [0.15, 0.2) is 11.6 Å². The van der Waals surface area contributed by atoms with Crippen LogP contribution in [0.15, 0.2) is 42.5 Å². The molecule has 0 saturated heterocycles. The van der Waals surface area contributed by atoms with E-state index in [1.165, 1.54) is 24.3 Å². The van der Waals surface area contributed by atoms with Gasteiger partial charge in [0.05, 0.1) is 12.6 Å². The molecule has 1 atom stereocenters. The molecule has 0 radical (unpaired) electrons.